The normalized spacial score (nSPS) is 23.2. The van der Waals surface area contributed by atoms with E-state index in [2.05, 4.69) is 70.0 Å². The van der Waals surface area contributed by atoms with E-state index < -0.39 is 0 Å². The van der Waals surface area contributed by atoms with Gasteiger partial charge in [0.25, 0.3) is 0 Å². The van der Waals surface area contributed by atoms with Crippen molar-refractivity contribution in [3.63, 3.8) is 0 Å². The summed E-state index contributed by atoms with van der Waals surface area (Å²) in [4.78, 5) is 2.65. The summed E-state index contributed by atoms with van der Waals surface area (Å²) in [5.74, 6) is 0.687. The lowest BCUT2D eigenvalue weighted by Gasteiger charge is -2.47. The molecule has 1 aliphatic heterocycles. The van der Waals surface area contributed by atoms with E-state index in [4.69, 9.17) is 0 Å². The molecule has 1 aromatic rings. The number of aryl methyl sites for hydroxylation is 2. The first-order chi connectivity index (χ1) is 9.29. The van der Waals surface area contributed by atoms with Crippen molar-refractivity contribution in [2.75, 3.05) is 13.1 Å². The first kappa shape index (κ1) is 15.5. The lowest BCUT2D eigenvalue weighted by Crippen LogP contribution is -2.62. The van der Waals surface area contributed by atoms with E-state index in [-0.39, 0.29) is 5.54 Å². The Hall–Kier alpha value is -0.860. The molecule has 1 unspecified atom stereocenters. The second-order valence-corrected chi connectivity index (χ2v) is 7.35. The molecule has 1 heterocycles. The maximum atomic E-state index is 3.71. The number of hydrogen-bond acceptors (Lipinski definition) is 2. The van der Waals surface area contributed by atoms with Gasteiger partial charge in [-0.1, -0.05) is 37.6 Å². The first-order valence-corrected chi connectivity index (χ1v) is 7.84. The van der Waals surface area contributed by atoms with E-state index in [0.29, 0.717) is 12.0 Å². The summed E-state index contributed by atoms with van der Waals surface area (Å²) in [6.45, 7) is 17.0. The van der Waals surface area contributed by atoms with Crippen LogP contribution in [0.5, 0.6) is 0 Å². The molecule has 1 saturated heterocycles. The lowest BCUT2D eigenvalue weighted by molar-refractivity contribution is 0.0473. The van der Waals surface area contributed by atoms with Gasteiger partial charge in [0, 0.05) is 31.2 Å². The molecule has 0 bridgehead atoms. The van der Waals surface area contributed by atoms with Crippen LogP contribution in [-0.2, 0) is 6.54 Å². The Balaban J connectivity index is 2.18. The molecule has 0 amide bonds. The van der Waals surface area contributed by atoms with Crippen molar-refractivity contribution in [1.29, 1.82) is 0 Å². The molecule has 112 valence electrons. The quantitative estimate of drug-likeness (QED) is 0.907. The minimum atomic E-state index is 0.224. The van der Waals surface area contributed by atoms with E-state index >= 15 is 0 Å². The van der Waals surface area contributed by atoms with Crippen molar-refractivity contribution in [3.05, 3.63) is 34.9 Å². The smallest absolute Gasteiger partial charge is 0.0281 e. The van der Waals surface area contributed by atoms with Crippen LogP contribution in [0.2, 0.25) is 0 Å². The van der Waals surface area contributed by atoms with Crippen molar-refractivity contribution in [1.82, 2.24) is 10.2 Å². The topological polar surface area (TPSA) is 15.3 Å². The fraction of sp³-hybridized carbons (Fsp3) is 0.667. The van der Waals surface area contributed by atoms with E-state index in [9.17, 15) is 0 Å². The molecule has 0 spiro atoms. The lowest BCUT2D eigenvalue weighted by atomic mass is 9.91. The molecule has 1 atom stereocenters. The number of benzene rings is 1. The molecule has 1 fully saturated rings. The van der Waals surface area contributed by atoms with Gasteiger partial charge in [-0.05, 0) is 44.7 Å². The minimum absolute atomic E-state index is 0.224. The third-order valence-corrected chi connectivity index (χ3v) is 4.74. The van der Waals surface area contributed by atoms with Gasteiger partial charge in [0.2, 0.25) is 0 Å². The van der Waals surface area contributed by atoms with Gasteiger partial charge < -0.3 is 5.32 Å². The molecule has 2 rings (SSSR count). The number of hydrogen-bond donors (Lipinski definition) is 1. The zero-order valence-corrected chi connectivity index (χ0v) is 14.0. The van der Waals surface area contributed by atoms with Crippen molar-refractivity contribution in [2.45, 2.75) is 59.7 Å². The highest BCUT2D eigenvalue weighted by Gasteiger charge is 2.34. The van der Waals surface area contributed by atoms with Gasteiger partial charge in [-0.3, -0.25) is 4.90 Å². The van der Waals surface area contributed by atoms with Gasteiger partial charge in [0.05, 0.1) is 0 Å². The molecule has 1 aromatic carbocycles. The molecule has 0 radical (unpaired) electrons. The average Bonchev–Trinajstić information content (AvgIpc) is 2.35. The zero-order valence-electron chi connectivity index (χ0n) is 14.0. The van der Waals surface area contributed by atoms with Crippen LogP contribution in [0.25, 0.3) is 0 Å². The molecule has 0 saturated carbocycles. The van der Waals surface area contributed by atoms with Gasteiger partial charge in [0.1, 0.15) is 0 Å². The average molecular weight is 274 g/mol. The van der Waals surface area contributed by atoms with Crippen molar-refractivity contribution in [2.24, 2.45) is 5.92 Å². The van der Waals surface area contributed by atoms with Crippen molar-refractivity contribution < 1.29 is 0 Å². The van der Waals surface area contributed by atoms with Crippen LogP contribution in [0.3, 0.4) is 0 Å². The third-order valence-electron chi connectivity index (χ3n) is 4.74. The molecule has 2 heteroatoms. The minimum Gasteiger partial charge on any atom is -0.311 e. The van der Waals surface area contributed by atoms with Gasteiger partial charge >= 0.3 is 0 Å². The van der Waals surface area contributed by atoms with E-state index in [1.807, 2.05) is 0 Å². The van der Waals surface area contributed by atoms with Crippen LogP contribution < -0.4 is 5.32 Å². The Morgan fingerprint density at radius 3 is 2.65 bits per heavy atom. The summed E-state index contributed by atoms with van der Waals surface area (Å²) in [7, 11) is 0. The summed E-state index contributed by atoms with van der Waals surface area (Å²) < 4.78 is 0. The highest BCUT2D eigenvalue weighted by molar-refractivity contribution is 5.30. The molecular formula is C18H30N2. The van der Waals surface area contributed by atoms with E-state index in [0.717, 1.165) is 19.6 Å². The predicted molar refractivity (Wildman–Crippen MR) is 87.0 cm³/mol. The van der Waals surface area contributed by atoms with Crippen molar-refractivity contribution >= 4 is 0 Å². The van der Waals surface area contributed by atoms with Gasteiger partial charge in [-0.15, -0.1) is 0 Å². The van der Waals surface area contributed by atoms with E-state index in [1.165, 1.54) is 16.7 Å². The van der Waals surface area contributed by atoms with E-state index in [1.54, 1.807) is 0 Å². The van der Waals surface area contributed by atoms with Crippen LogP contribution in [-0.4, -0.2) is 29.6 Å². The maximum absolute atomic E-state index is 3.71. The molecule has 1 aliphatic rings. The fourth-order valence-corrected chi connectivity index (χ4v) is 2.94. The molecular weight excluding hydrogens is 244 g/mol. The Bertz CT molecular complexity index is 462. The summed E-state index contributed by atoms with van der Waals surface area (Å²) in [5, 5.41) is 3.71. The fourth-order valence-electron chi connectivity index (χ4n) is 2.94. The Morgan fingerprint density at radius 2 is 2.00 bits per heavy atom. The molecule has 1 N–H and O–H groups in total. The first-order valence-electron chi connectivity index (χ1n) is 7.84. The highest BCUT2D eigenvalue weighted by Crippen LogP contribution is 2.25. The van der Waals surface area contributed by atoms with Crippen LogP contribution in [0.1, 0.15) is 44.4 Å². The maximum Gasteiger partial charge on any atom is 0.0281 e. The van der Waals surface area contributed by atoms with Crippen molar-refractivity contribution in [3.8, 4) is 0 Å². The Labute approximate surface area is 124 Å². The van der Waals surface area contributed by atoms with Gasteiger partial charge in [-0.25, -0.2) is 0 Å². The van der Waals surface area contributed by atoms with Gasteiger partial charge in [0.15, 0.2) is 0 Å². The zero-order chi connectivity index (χ0) is 14.9. The number of rotatable bonds is 3. The van der Waals surface area contributed by atoms with Crippen LogP contribution >= 0.6 is 0 Å². The Kier molecular flexibility index (Phi) is 4.55. The summed E-state index contributed by atoms with van der Waals surface area (Å²) in [6, 6.07) is 7.41. The molecule has 0 aromatic heterocycles. The SMILES string of the molecule is Cc1ccc(C)c(CN2CC(C(C)C)NCC2(C)C)c1. The number of piperazine rings is 1. The summed E-state index contributed by atoms with van der Waals surface area (Å²) in [5.41, 5.74) is 4.47. The number of nitrogens with zero attached hydrogens (tertiary/aromatic N) is 1. The van der Waals surface area contributed by atoms with Gasteiger partial charge in [-0.2, -0.15) is 0 Å². The van der Waals surface area contributed by atoms with Crippen LogP contribution in [0.4, 0.5) is 0 Å². The molecule has 2 nitrogen and oxygen atoms in total. The second-order valence-electron chi connectivity index (χ2n) is 7.35. The Morgan fingerprint density at radius 1 is 1.30 bits per heavy atom. The summed E-state index contributed by atoms with van der Waals surface area (Å²) >= 11 is 0. The predicted octanol–water partition coefficient (Wildman–Crippen LogP) is 3.51. The third kappa shape index (κ3) is 3.42. The second kappa shape index (κ2) is 5.87. The standard InChI is InChI=1S/C18H30N2/c1-13(2)17-11-20(18(5,6)12-19-17)10-16-9-14(3)7-8-15(16)4/h7-9,13,17,19H,10-12H2,1-6H3. The van der Waals surface area contributed by atoms with Crippen LogP contribution in [0, 0.1) is 19.8 Å². The largest absolute Gasteiger partial charge is 0.311 e. The molecule has 20 heavy (non-hydrogen) atoms. The summed E-state index contributed by atoms with van der Waals surface area (Å²) in [6.07, 6.45) is 0. The van der Waals surface area contributed by atoms with Crippen LogP contribution in [0.15, 0.2) is 18.2 Å². The molecule has 0 aliphatic carbocycles. The highest BCUT2D eigenvalue weighted by atomic mass is 15.3. The monoisotopic (exact) mass is 274 g/mol. The number of nitrogens with one attached hydrogen (secondary N) is 1.